The Morgan fingerprint density at radius 3 is 2.73 bits per heavy atom. The maximum Gasteiger partial charge on any atom is 0.216 e. The van der Waals surface area contributed by atoms with Crippen LogP contribution < -0.4 is 4.74 Å². The van der Waals surface area contributed by atoms with Crippen LogP contribution in [0.15, 0.2) is 16.7 Å². The van der Waals surface area contributed by atoms with Gasteiger partial charge in [0.25, 0.3) is 0 Å². The lowest BCUT2D eigenvalue weighted by atomic mass is 9.84. The third-order valence-electron chi connectivity index (χ3n) is 3.08. The molecule has 0 aliphatic heterocycles. The zero-order valence-electron chi connectivity index (χ0n) is 9.00. The smallest absolute Gasteiger partial charge is 0.216 e. The minimum absolute atomic E-state index is 0.638. The van der Waals surface area contributed by atoms with Crippen LogP contribution in [0.2, 0.25) is 0 Å². The molecule has 1 fully saturated rings. The van der Waals surface area contributed by atoms with Gasteiger partial charge in [-0.2, -0.15) is 0 Å². The SMILES string of the molecule is COc1ncc(Br)cc1C1CCCCC1. The van der Waals surface area contributed by atoms with Crippen LogP contribution in [-0.4, -0.2) is 12.1 Å². The van der Waals surface area contributed by atoms with E-state index in [0.717, 1.165) is 10.4 Å². The highest BCUT2D eigenvalue weighted by Crippen LogP contribution is 2.37. The Balaban J connectivity index is 2.27. The normalized spacial score (nSPS) is 17.7. The Morgan fingerprint density at radius 1 is 1.33 bits per heavy atom. The summed E-state index contributed by atoms with van der Waals surface area (Å²) in [7, 11) is 1.70. The number of halogens is 1. The zero-order chi connectivity index (χ0) is 10.7. The topological polar surface area (TPSA) is 22.1 Å². The van der Waals surface area contributed by atoms with Gasteiger partial charge in [-0.3, -0.25) is 0 Å². The van der Waals surface area contributed by atoms with Gasteiger partial charge in [-0.1, -0.05) is 19.3 Å². The quantitative estimate of drug-likeness (QED) is 0.813. The minimum Gasteiger partial charge on any atom is -0.481 e. The number of nitrogens with zero attached hydrogens (tertiary/aromatic N) is 1. The average molecular weight is 270 g/mol. The molecular weight excluding hydrogens is 254 g/mol. The lowest BCUT2D eigenvalue weighted by Crippen LogP contribution is -2.07. The van der Waals surface area contributed by atoms with E-state index in [1.54, 1.807) is 13.3 Å². The fourth-order valence-corrected chi connectivity index (χ4v) is 2.67. The number of rotatable bonds is 2. The van der Waals surface area contributed by atoms with E-state index in [0.29, 0.717) is 5.92 Å². The van der Waals surface area contributed by atoms with Crippen molar-refractivity contribution in [2.75, 3.05) is 7.11 Å². The van der Waals surface area contributed by atoms with Gasteiger partial charge in [0, 0.05) is 16.2 Å². The molecule has 15 heavy (non-hydrogen) atoms. The van der Waals surface area contributed by atoms with Crippen molar-refractivity contribution in [2.45, 2.75) is 38.0 Å². The van der Waals surface area contributed by atoms with E-state index in [1.807, 2.05) is 0 Å². The van der Waals surface area contributed by atoms with Gasteiger partial charge in [-0.25, -0.2) is 4.98 Å². The Bertz CT molecular complexity index is 334. The molecule has 1 heterocycles. The Kier molecular flexibility index (Phi) is 3.62. The van der Waals surface area contributed by atoms with Crippen LogP contribution >= 0.6 is 15.9 Å². The predicted octanol–water partition coefficient (Wildman–Crippen LogP) is 3.90. The molecule has 0 amide bonds. The molecule has 2 nitrogen and oxygen atoms in total. The average Bonchev–Trinajstić information content (AvgIpc) is 2.30. The molecule has 82 valence electrons. The second kappa shape index (κ2) is 4.97. The summed E-state index contributed by atoms with van der Waals surface area (Å²) in [5.74, 6) is 1.43. The van der Waals surface area contributed by atoms with Gasteiger partial charge < -0.3 is 4.74 Å². The number of hydrogen-bond acceptors (Lipinski definition) is 2. The molecule has 1 aliphatic carbocycles. The molecule has 0 atom stereocenters. The van der Waals surface area contributed by atoms with Gasteiger partial charge in [0.05, 0.1) is 7.11 Å². The van der Waals surface area contributed by atoms with Crippen LogP contribution in [0.3, 0.4) is 0 Å². The molecule has 0 unspecified atom stereocenters. The van der Waals surface area contributed by atoms with E-state index in [9.17, 15) is 0 Å². The van der Waals surface area contributed by atoms with Crippen LogP contribution in [0.5, 0.6) is 5.88 Å². The Labute approximate surface area is 99.2 Å². The molecule has 1 aromatic rings. The first-order chi connectivity index (χ1) is 7.31. The van der Waals surface area contributed by atoms with E-state index < -0.39 is 0 Å². The summed E-state index contributed by atoms with van der Waals surface area (Å²) in [4.78, 5) is 4.30. The third kappa shape index (κ3) is 2.51. The highest BCUT2D eigenvalue weighted by molar-refractivity contribution is 9.10. The molecule has 0 saturated heterocycles. The second-order valence-corrected chi connectivity index (χ2v) is 5.00. The fourth-order valence-electron chi connectivity index (χ4n) is 2.32. The van der Waals surface area contributed by atoms with Crippen molar-refractivity contribution in [3.8, 4) is 5.88 Å². The van der Waals surface area contributed by atoms with Crippen LogP contribution in [-0.2, 0) is 0 Å². The molecule has 0 N–H and O–H groups in total. The largest absolute Gasteiger partial charge is 0.481 e. The van der Waals surface area contributed by atoms with Crippen LogP contribution in [0.1, 0.15) is 43.6 Å². The van der Waals surface area contributed by atoms with Gasteiger partial charge >= 0.3 is 0 Å². The van der Waals surface area contributed by atoms with Crippen molar-refractivity contribution in [1.82, 2.24) is 4.98 Å². The lowest BCUT2D eigenvalue weighted by Gasteiger charge is -2.23. The fraction of sp³-hybridized carbons (Fsp3) is 0.583. The monoisotopic (exact) mass is 269 g/mol. The van der Waals surface area contributed by atoms with Crippen molar-refractivity contribution < 1.29 is 4.74 Å². The molecule has 0 aromatic carbocycles. The van der Waals surface area contributed by atoms with Gasteiger partial charge in [-0.15, -0.1) is 0 Å². The van der Waals surface area contributed by atoms with Gasteiger partial charge in [0.1, 0.15) is 0 Å². The molecular formula is C12H16BrNO. The summed E-state index contributed by atoms with van der Waals surface area (Å²) in [5.41, 5.74) is 1.27. The van der Waals surface area contributed by atoms with E-state index in [4.69, 9.17) is 4.74 Å². The zero-order valence-corrected chi connectivity index (χ0v) is 10.6. The highest BCUT2D eigenvalue weighted by Gasteiger charge is 2.20. The second-order valence-electron chi connectivity index (χ2n) is 4.09. The van der Waals surface area contributed by atoms with Crippen molar-refractivity contribution in [2.24, 2.45) is 0 Å². The van der Waals surface area contributed by atoms with Crippen molar-refractivity contribution in [3.05, 3.63) is 22.3 Å². The van der Waals surface area contributed by atoms with E-state index in [2.05, 4.69) is 27.0 Å². The van der Waals surface area contributed by atoms with E-state index in [-0.39, 0.29) is 0 Å². The van der Waals surface area contributed by atoms with Crippen LogP contribution in [0.25, 0.3) is 0 Å². The van der Waals surface area contributed by atoms with Gasteiger partial charge in [-0.05, 0) is 40.8 Å². The van der Waals surface area contributed by atoms with Crippen molar-refractivity contribution >= 4 is 15.9 Å². The summed E-state index contributed by atoms with van der Waals surface area (Å²) in [6, 6.07) is 2.15. The van der Waals surface area contributed by atoms with Gasteiger partial charge in [0.15, 0.2) is 0 Å². The lowest BCUT2D eigenvalue weighted by molar-refractivity contribution is 0.373. The summed E-state index contributed by atoms with van der Waals surface area (Å²) < 4.78 is 6.37. The van der Waals surface area contributed by atoms with Crippen molar-refractivity contribution in [1.29, 1.82) is 0 Å². The molecule has 1 aliphatic rings. The number of pyridine rings is 1. The maximum atomic E-state index is 5.32. The Morgan fingerprint density at radius 2 is 2.07 bits per heavy atom. The van der Waals surface area contributed by atoms with Crippen molar-refractivity contribution in [3.63, 3.8) is 0 Å². The third-order valence-corrected chi connectivity index (χ3v) is 3.52. The molecule has 2 rings (SSSR count). The first-order valence-electron chi connectivity index (χ1n) is 5.50. The van der Waals surface area contributed by atoms with Crippen LogP contribution in [0.4, 0.5) is 0 Å². The van der Waals surface area contributed by atoms with Gasteiger partial charge in [0.2, 0.25) is 5.88 Å². The molecule has 3 heteroatoms. The molecule has 0 bridgehead atoms. The minimum atomic E-state index is 0.638. The maximum absolute atomic E-state index is 5.32. The molecule has 0 radical (unpaired) electrons. The number of methoxy groups -OCH3 is 1. The predicted molar refractivity (Wildman–Crippen MR) is 64.3 cm³/mol. The first-order valence-corrected chi connectivity index (χ1v) is 6.30. The molecule has 1 aromatic heterocycles. The number of hydrogen-bond donors (Lipinski definition) is 0. The number of aromatic nitrogens is 1. The highest BCUT2D eigenvalue weighted by atomic mass is 79.9. The van der Waals surface area contributed by atoms with E-state index >= 15 is 0 Å². The standard InChI is InChI=1S/C12H16BrNO/c1-15-12-11(7-10(13)8-14-12)9-5-3-2-4-6-9/h7-9H,2-6H2,1H3. The molecule has 0 spiro atoms. The summed E-state index contributed by atoms with van der Waals surface area (Å²) >= 11 is 3.47. The molecule has 1 saturated carbocycles. The number of ether oxygens (including phenoxy) is 1. The van der Waals surface area contributed by atoms with Crippen LogP contribution in [0, 0.1) is 0 Å². The summed E-state index contributed by atoms with van der Waals surface area (Å²) in [5, 5.41) is 0. The van der Waals surface area contributed by atoms with E-state index in [1.165, 1.54) is 37.7 Å². The summed E-state index contributed by atoms with van der Waals surface area (Å²) in [6.45, 7) is 0. The summed E-state index contributed by atoms with van der Waals surface area (Å²) in [6.07, 6.45) is 8.38. The first kappa shape index (κ1) is 10.9. The Hall–Kier alpha value is -0.570.